The van der Waals surface area contributed by atoms with E-state index in [9.17, 15) is 0 Å². The lowest BCUT2D eigenvalue weighted by atomic mass is 10.0. The highest BCUT2D eigenvalue weighted by Crippen LogP contribution is 2.25. The molecule has 0 amide bonds. The normalized spacial score (nSPS) is 10.5. The summed E-state index contributed by atoms with van der Waals surface area (Å²) >= 11 is 0. The third-order valence-corrected chi connectivity index (χ3v) is 4.95. The Bertz CT molecular complexity index is 1010. The summed E-state index contributed by atoms with van der Waals surface area (Å²) in [6.45, 7) is 1.50. The highest BCUT2D eigenvalue weighted by Gasteiger charge is 2.04. The summed E-state index contributed by atoms with van der Waals surface area (Å²) in [5.41, 5.74) is 6.94. The van der Waals surface area contributed by atoms with Gasteiger partial charge >= 0.3 is 0 Å². The fourth-order valence-corrected chi connectivity index (χ4v) is 3.30. The predicted molar refractivity (Wildman–Crippen MR) is 124 cm³/mol. The van der Waals surface area contributed by atoms with Crippen LogP contribution in [-0.2, 0) is 13.1 Å². The molecule has 0 fully saturated rings. The van der Waals surface area contributed by atoms with Crippen LogP contribution in [0.4, 0.5) is 11.4 Å². The van der Waals surface area contributed by atoms with Crippen LogP contribution in [-0.4, -0.2) is 7.98 Å². The van der Waals surface area contributed by atoms with Crippen molar-refractivity contribution in [2.45, 2.75) is 13.1 Å². The van der Waals surface area contributed by atoms with Gasteiger partial charge in [-0.3, -0.25) is 0 Å². The van der Waals surface area contributed by atoms with Gasteiger partial charge in [0.1, 0.15) is 0 Å². The van der Waals surface area contributed by atoms with Gasteiger partial charge in [-0.1, -0.05) is 84.9 Å². The lowest BCUT2D eigenvalue weighted by Gasteiger charge is -2.20. The van der Waals surface area contributed by atoms with E-state index in [2.05, 4.69) is 90.2 Å². The molecule has 0 saturated heterocycles. The molecule has 4 rings (SSSR count). The molecule has 4 aromatic carbocycles. The zero-order chi connectivity index (χ0) is 19.9. The van der Waals surface area contributed by atoms with Crippen molar-refractivity contribution < 1.29 is 0 Å². The second-order valence-electron chi connectivity index (χ2n) is 7.08. The first-order valence-electron chi connectivity index (χ1n) is 9.82. The summed E-state index contributed by atoms with van der Waals surface area (Å²) in [6, 6.07) is 37.6. The number of anilines is 2. The van der Waals surface area contributed by atoms with Gasteiger partial charge in [0.15, 0.2) is 0 Å². The average molecular weight is 374 g/mol. The number of hydrogen-bond donors (Lipinski definition) is 1. The van der Waals surface area contributed by atoms with Gasteiger partial charge in [-0.05, 0) is 46.5 Å². The van der Waals surface area contributed by atoms with Gasteiger partial charge in [-0.15, -0.1) is 0 Å². The summed E-state index contributed by atoms with van der Waals surface area (Å²) < 4.78 is 0. The van der Waals surface area contributed by atoms with Crippen LogP contribution < -0.4 is 10.1 Å². The van der Waals surface area contributed by atoms with Crippen LogP contribution in [0.15, 0.2) is 109 Å². The number of nitrogens with one attached hydrogen (secondary N) is 1. The number of nitrogens with zero attached hydrogens (tertiary/aromatic N) is 1. The highest BCUT2D eigenvalue weighted by molar-refractivity contribution is 6.17. The molecule has 2 radical (unpaired) electrons. The molecule has 0 aliphatic carbocycles. The fourth-order valence-electron chi connectivity index (χ4n) is 3.30. The summed E-state index contributed by atoms with van der Waals surface area (Å²) in [6.07, 6.45) is 0. The molecule has 2 nitrogen and oxygen atoms in total. The standard InChI is InChI=1S/C26H23BN2/c27-29(20-22-9-5-2-6-10-22)26-17-13-24(14-18-26)23-11-15-25(16-12-23)28-19-21-7-3-1-4-8-21/h1-18,28H,19-20H2. The van der Waals surface area contributed by atoms with Crippen molar-refractivity contribution in [3.05, 3.63) is 120 Å². The highest BCUT2D eigenvalue weighted by atomic mass is 15.0. The Balaban J connectivity index is 1.38. The van der Waals surface area contributed by atoms with E-state index >= 15 is 0 Å². The van der Waals surface area contributed by atoms with Gasteiger partial charge in [0, 0.05) is 24.5 Å². The van der Waals surface area contributed by atoms with Crippen LogP contribution in [0.1, 0.15) is 11.1 Å². The van der Waals surface area contributed by atoms with Crippen LogP contribution in [0.25, 0.3) is 11.1 Å². The minimum absolute atomic E-state index is 0.683. The van der Waals surface area contributed by atoms with E-state index in [0.29, 0.717) is 6.54 Å². The molecule has 0 unspecified atom stereocenters. The second kappa shape index (κ2) is 9.16. The Morgan fingerprint density at radius 2 is 1.10 bits per heavy atom. The molecular weight excluding hydrogens is 351 g/mol. The Morgan fingerprint density at radius 3 is 1.69 bits per heavy atom. The Morgan fingerprint density at radius 1 is 0.586 bits per heavy atom. The van der Waals surface area contributed by atoms with Crippen LogP contribution in [0, 0.1) is 0 Å². The van der Waals surface area contributed by atoms with Gasteiger partial charge in [0.25, 0.3) is 0 Å². The monoisotopic (exact) mass is 374 g/mol. The van der Waals surface area contributed by atoms with Crippen LogP contribution in [0.2, 0.25) is 0 Å². The first kappa shape index (κ1) is 18.9. The number of hydrogen-bond acceptors (Lipinski definition) is 2. The van der Waals surface area contributed by atoms with Crippen molar-refractivity contribution in [3.63, 3.8) is 0 Å². The molecule has 0 aromatic heterocycles. The first-order valence-corrected chi connectivity index (χ1v) is 9.82. The molecule has 0 spiro atoms. The molecule has 0 heterocycles. The maximum atomic E-state index is 6.24. The maximum Gasteiger partial charge on any atom is 0.227 e. The van der Waals surface area contributed by atoms with Crippen LogP contribution in [0.3, 0.4) is 0 Å². The summed E-state index contributed by atoms with van der Waals surface area (Å²) in [4.78, 5) is 1.77. The average Bonchev–Trinajstić information content (AvgIpc) is 2.79. The largest absolute Gasteiger partial charge is 0.421 e. The van der Waals surface area contributed by atoms with Crippen LogP contribution >= 0.6 is 0 Å². The van der Waals surface area contributed by atoms with E-state index in [4.69, 9.17) is 7.98 Å². The topological polar surface area (TPSA) is 15.3 Å². The van der Waals surface area contributed by atoms with E-state index in [-0.39, 0.29) is 0 Å². The van der Waals surface area contributed by atoms with Crippen molar-refractivity contribution in [2.24, 2.45) is 0 Å². The maximum absolute atomic E-state index is 6.24. The summed E-state index contributed by atoms with van der Waals surface area (Å²) in [7, 11) is 6.24. The molecule has 1 N–H and O–H groups in total. The van der Waals surface area contributed by atoms with Gasteiger partial charge in [0.2, 0.25) is 7.98 Å². The molecule has 0 aliphatic rings. The van der Waals surface area contributed by atoms with E-state index in [1.807, 2.05) is 24.3 Å². The van der Waals surface area contributed by atoms with Crippen molar-refractivity contribution in [1.82, 2.24) is 0 Å². The summed E-state index contributed by atoms with van der Waals surface area (Å²) in [5.74, 6) is 0. The van der Waals surface area contributed by atoms with E-state index in [1.54, 1.807) is 4.81 Å². The van der Waals surface area contributed by atoms with E-state index in [0.717, 1.165) is 17.9 Å². The SMILES string of the molecule is [B]N(Cc1ccccc1)c1ccc(-c2ccc(NCc3ccccc3)cc2)cc1. The van der Waals surface area contributed by atoms with Gasteiger partial charge in [-0.2, -0.15) is 0 Å². The van der Waals surface area contributed by atoms with Gasteiger partial charge in [0.05, 0.1) is 0 Å². The molecule has 0 bridgehead atoms. The molecular formula is C26H23BN2. The molecule has 0 saturated carbocycles. The Kier molecular flexibility index (Phi) is 5.96. The first-order chi connectivity index (χ1) is 14.3. The zero-order valence-electron chi connectivity index (χ0n) is 16.3. The van der Waals surface area contributed by atoms with Gasteiger partial charge in [-0.25, -0.2) is 0 Å². The van der Waals surface area contributed by atoms with Gasteiger partial charge < -0.3 is 10.1 Å². The minimum atomic E-state index is 0.683. The third kappa shape index (κ3) is 5.08. The molecule has 29 heavy (non-hydrogen) atoms. The van der Waals surface area contributed by atoms with Crippen molar-refractivity contribution in [2.75, 3.05) is 10.1 Å². The second-order valence-corrected chi connectivity index (χ2v) is 7.08. The Hall–Kier alpha value is -3.46. The smallest absolute Gasteiger partial charge is 0.227 e. The molecule has 140 valence electrons. The number of rotatable bonds is 7. The van der Waals surface area contributed by atoms with E-state index < -0.39 is 0 Å². The van der Waals surface area contributed by atoms with Crippen molar-refractivity contribution in [1.29, 1.82) is 0 Å². The summed E-state index contributed by atoms with van der Waals surface area (Å²) in [5, 5.41) is 3.46. The minimum Gasteiger partial charge on any atom is -0.421 e. The quantitative estimate of drug-likeness (QED) is 0.396. The predicted octanol–water partition coefficient (Wildman–Crippen LogP) is 6.06. The molecule has 3 heteroatoms. The van der Waals surface area contributed by atoms with Crippen LogP contribution in [0.5, 0.6) is 0 Å². The van der Waals surface area contributed by atoms with Crippen molar-refractivity contribution >= 4 is 19.4 Å². The third-order valence-electron chi connectivity index (χ3n) is 4.95. The lowest BCUT2D eigenvalue weighted by Crippen LogP contribution is -2.18. The molecule has 0 atom stereocenters. The van der Waals surface area contributed by atoms with E-state index in [1.165, 1.54) is 22.3 Å². The Labute approximate surface area is 174 Å². The fraction of sp³-hybridized carbons (Fsp3) is 0.0769. The van der Waals surface area contributed by atoms with Crippen molar-refractivity contribution in [3.8, 4) is 11.1 Å². The molecule has 0 aliphatic heterocycles. The molecule has 4 aromatic rings. The zero-order valence-corrected chi connectivity index (χ0v) is 16.3. The number of benzene rings is 4. The lowest BCUT2D eigenvalue weighted by molar-refractivity contribution is 1.04.